The maximum Gasteiger partial charge on any atom is 0.262 e. The number of nitrogens with one attached hydrogen (secondary N) is 1. The van der Waals surface area contributed by atoms with Gasteiger partial charge in [-0.25, -0.2) is 4.39 Å². The van der Waals surface area contributed by atoms with Crippen molar-refractivity contribution >= 4 is 39.1 Å². The molecule has 0 aliphatic rings. The Balaban J connectivity index is 1.90. The minimum Gasteiger partial charge on any atom is -0.484 e. The van der Waals surface area contributed by atoms with Gasteiger partial charge in [0.05, 0.1) is 5.69 Å². The molecule has 1 N–H and O–H groups in total. The smallest absolute Gasteiger partial charge is 0.262 e. The first kappa shape index (κ1) is 14.8. The Morgan fingerprint density at radius 1 is 1.25 bits per heavy atom. The van der Waals surface area contributed by atoms with Crippen molar-refractivity contribution in [2.75, 3.05) is 11.9 Å². The first-order chi connectivity index (χ1) is 9.54. The lowest BCUT2D eigenvalue weighted by atomic mass is 10.3. The van der Waals surface area contributed by atoms with Gasteiger partial charge in [0.15, 0.2) is 6.61 Å². The summed E-state index contributed by atoms with van der Waals surface area (Å²) in [5, 5.41) is 3.02. The van der Waals surface area contributed by atoms with Crippen LogP contribution >= 0.6 is 27.5 Å². The molecule has 0 spiro atoms. The molecule has 2 rings (SSSR count). The summed E-state index contributed by atoms with van der Waals surface area (Å²) >= 11 is 8.87. The molecule has 0 aromatic heterocycles. The SMILES string of the molecule is O=C(COc1ccc(Cl)cc1)Nc1ccc(Br)cc1F. The second-order valence-electron chi connectivity index (χ2n) is 3.91. The van der Waals surface area contributed by atoms with E-state index >= 15 is 0 Å². The maximum atomic E-state index is 13.5. The van der Waals surface area contributed by atoms with Gasteiger partial charge >= 0.3 is 0 Å². The highest BCUT2D eigenvalue weighted by Gasteiger charge is 2.08. The van der Waals surface area contributed by atoms with E-state index in [1.54, 1.807) is 30.3 Å². The van der Waals surface area contributed by atoms with Crippen LogP contribution in [0.25, 0.3) is 0 Å². The van der Waals surface area contributed by atoms with Crippen molar-refractivity contribution in [2.24, 2.45) is 0 Å². The molecule has 0 unspecified atom stereocenters. The van der Waals surface area contributed by atoms with Crippen LogP contribution in [0.5, 0.6) is 5.75 Å². The van der Waals surface area contributed by atoms with Gasteiger partial charge in [-0.1, -0.05) is 27.5 Å². The molecule has 0 bridgehead atoms. The summed E-state index contributed by atoms with van der Waals surface area (Å²) < 4.78 is 19.4. The molecule has 6 heteroatoms. The second kappa shape index (κ2) is 6.72. The molecule has 104 valence electrons. The van der Waals surface area contributed by atoms with E-state index in [0.717, 1.165) is 0 Å². The zero-order valence-corrected chi connectivity index (χ0v) is 12.5. The molecule has 0 saturated carbocycles. The third-order valence-electron chi connectivity index (χ3n) is 2.39. The largest absolute Gasteiger partial charge is 0.484 e. The zero-order chi connectivity index (χ0) is 14.5. The number of carbonyl (C=O) groups is 1. The molecule has 0 aliphatic carbocycles. The molecule has 0 radical (unpaired) electrons. The van der Waals surface area contributed by atoms with Gasteiger partial charge in [-0.3, -0.25) is 4.79 Å². The van der Waals surface area contributed by atoms with Crippen LogP contribution in [0, 0.1) is 5.82 Å². The Bertz CT molecular complexity index is 619. The van der Waals surface area contributed by atoms with Gasteiger partial charge in [0.2, 0.25) is 0 Å². The van der Waals surface area contributed by atoms with Gasteiger partial charge in [0.25, 0.3) is 5.91 Å². The van der Waals surface area contributed by atoms with Crippen LogP contribution in [0.4, 0.5) is 10.1 Å². The molecule has 1 amide bonds. The van der Waals surface area contributed by atoms with Gasteiger partial charge in [0, 0.05) is 9.50 Å². The summed E-state index contributed by atoms with van der Waals surface area (Å²) in [6.45, 7) is -0.211. The molecule has 0 heterocycles. The zero-order valence-electron chi connectivity index (χ0n) is 10.2. The highest BCUT2D eigenvalue weighted by atomic mass is 79.9. The van der Waals surface area contributed by atoms with Crippen LogP contribution in [0.2, 0.25) is 5.02 Å². The lowest BCUT2D eigenvalue weighted by Gasteiger charge is -2.08. The lowest BCUT2D eigenvalue weighted by Crippen LogP contribution is -2.20. The Morgan fingerprint density at radius 3 is 2.60 bits per heavy atom. The summed E-state index contributed by atoms with van der Waals surface area (Å²) in [6.07, 6.45) is 0. The van der Waals surface area contributed by atoms with E-state index < -0.39 is 11.7 Å². The number of anilines is 1. The molecule has 20 heavy (non-hydrogen) atoms. The van der Waals surface area contributed by atoms with Gasteiger partial charge in [-0.05, 0) is 42.5 Å². The first-order valence-corrected chi connectivity index (χ1v) is 6.85. The molecule has 0 aliphatic heterocycles. The van der Waals surface area contributed by atoms with E-state index in [1.807, 2.05) is 0 Å². The van der Waals surface area contributed by atoms with Crippen molar-refractivity contribution in [1.82, 2.24) is 0 Å². The Morgan fingerprint density at radius 2 is 1.95 bits per heavy atom. The fourth-order valence-electron chi connectivity index (χ4n) is 1.46. The number of hydrogen-bond donors (Lipinski definition) is 1. The van der Waals surface area contributed by atoms with Crippen LogP contribution in [0.3, 0.4) is 0 Å². The summed E-state index contributed by atoms with van der Waals surface area (Å²) in [5.41, 5.74) is 0.109. The summed E-state index contributed by atoms with van der Waals surface area (Å²) in [7, 11) is 0. The third-order valence-corrected chi connectivity index (χ3v) is 3.13. The van der Waals surface area contributed by atoms with Crippen molar-refractivity contribution in [3.05, 3.63) is 57.8 Å². The predicted molar refractivity (Wildman–Crippen MR) is 79.7 cm³/mol. The second-order valence-corrected chi connectivity index (χ2v) is 5.27. The summed E-state index contributed by atoms with van der Waals surface area (Å²) in [5.74, 6) is -0.443. The normalized spacial score (nSPS) is 10.2. The molecule has 0 fully saturated rings. The van der Waals surface area contributed by atoms with E-state index in [1.165, 1.54) is 12.1 Å². The minimum absolute atomic E-state index is 0.109. The quantitative estimate of drug-likeness (QED) is 0.887. The predicted octanol–water partition coefficient (Wildman–Crippen LogP) is 4.26. The number of rotatable bonds is 4. The monoisotopic (exact) mass is 357 g/mol. The van der Waals surface area contributed by atoms with Crippen molar-refractivity contribution in [1.29, 1.82) is 0 Å². The minimum atomic E-state index is -0.515. The number of amides is 1. The maximum absolute atomic E-state index is 13.5. The highest BCUT2D eigenvalue weighted by molar-refractivity contribution is 9.10. The van der Waals surface area contributed by atoms with Gasteiger partial charge in [-0.2, -0.15) is 0 Å². The average molecular weight is 359 g/mol. The Labute approximate surface area is 128 Å². The third kappa shape index (κ3) is 4.21. The Hall–Kier alpha value is -1.59. The van der Waals surface area contributed by atoms with Crippen molar-refractivity contribution in [3.63, 3.8) is 0 Å². The van der Waals surface area contributed by atoms with Crippen LogP contribution in [-0.2, 0) is 4.79 Å². The van der Waals surface area contributed by atoms with Gasteiger partial charge in [0.1, 0.15) is 11.6 Å². The van der Waals surface area contributed by atoms with Gasteiger partial charge in [-0.15, -0.1) is 0 Å². The average Bonchev–Trinajstić information content (AvgIpc) is 2.41. The molecular weight excluding hydrogens is 349 g/mol. The number of hydrogen-bond acceptors (Lipinski definition) is 2. The number of halogens is 3. The summed E-state index contributed by atoms with van der Waals surface area (Å²) in [6, 6.07) is 11.0. The molecular formula is C14H10BrClFNO2. The molecule has 3 nitrogen and oxygen atoms in total. The van der Waals surface area contributed by atoms with E-state index in [-0.39, 0.29) is 12.3 Å². The van der Waals surface area contributed by atoms with E-state index in [4.69, 9.17) is 16.3 Å². The molecule has 0 atom stereocenters. The van der Waals surface area contributed by atoms with E-state index in [2.05, 4.69) is 21.2 Å². The van der Waals surface area contributed by atoms with Crippen LogP contribution in [0.1, 0.15) is 0 Å². The standard InChI is InChI=1S/C14H10BrClFNO2/c15-9-1-6-13(12(17)7-9)18-14(19)8-20-11-4-2-10(16)3-5-11/h1-7H,8H2,(H,18,19). The first-order valence-electron chi connectivity index (χ1n) is 5.68. The summed E-state index contributed by atoms with van der Waals surface area (Å²) in [4.78, 5) is 11.6. The van der Waals surface area contributed by atoms with E-state index in [0.29, 0.717) is 15.2 Å². The molecule has 2 aromatic carbocycles. The van der Waals surface area contributed by atoms with Crippen LogP contribution in [0.15, 0.2) is 46.9 Å². The number of benzene rings is 2. The molecule has 0 saturated heterocycles. The van der Waals surface area contributed by atoms with Crippen molar-refractivity contribution in [2.45, 2.75) is 0 Å². The fourth-order valence-corrected chi connectivity index (χ4v) is 1.92. The topological polar surface area (TPSA) is 38.3 Å². The Kier molecular flexibility index (Phi) is 4.98. The van der Waals surface area contributed by atoms with Crippen molar-refractivity contribution in [3.8, 4) is 5.75 Å². The van der Waals surface area contributed by atoms with E-state index in [9.17, 15) is 9.18 Å². The van der Waals surface area contributed by atoms with Crippen LogP contribution < -0.4 is 10.1 Å². The molecule has 2 aromatic rings. The van der Waals surface area contributed by atoms with Crippen LogP contribution in [-0.4, -0.2) is 12.5 Å². The lowest BCUT2D eigenvalue weighted by molar-refractivity contribution is -0.118. The number of carbonyl (C=O) groups excluding carboxylic acids is 1. The highest BCUT2D eigenvalue weighted by Crippen LogP contribution is 2.19. The fraction of sp³-hybridized carbons (Fsp3) is 0.0714. The van der Waals surface area contributed by atoms with Crippen molar-refractivity contribution < 1.29 is 13.9 Å². The number of ether oxygens (including phenoxy) is 1. The van der Waals surface area contributed by atoms with Gasteiger partial charge < -0.3 is 10.1 Å².